The highest BCUT2D eigenvalue weighted by Crippen LogP contribution is 2.29. The predicted molar refractivity (Wildman–Crippen MR) is 68.7 cm³/mol. The average Bonchev–Trinajstić information content (AvgIpc) is 2.69. The molecule has 0 radical (unpaired) electrons. The maximum Gasteiger partial charge on any atom is 0.325 e. The molecule has 1 aliphatic heterocycles. The van der Waals surface area contributed by atoms with Crippen molar-refractivity contribution in [1.29, 1.82) is 0 Å². The fraction of sp³-hybridized carbons (Fsp3) is 0.636. The molecule has 0 saturated carbocycles. The lowest BCUT2D eigenvalue weighted by molar-refractivity contribution is -0.138. The van der Waals surface area contributed by atoms with Crippen LogP contribution in [0, 0.1) is 5.92 Å². The number of rotatable bonds is 3. The second kappa shape index (κ2) is 5.09. The summed E-state index contributed by atoms with van der Waals surface area (Å²) in [5, 5.41) is 12.8. The molecule has 0 aromatic carbocycles. The lowest BCUT2D eigenvalue weighted by atomic mass is 10.1. The van der Waals surface area contributed by atoms with E-state index < -0.39 is 5.25 Å². The van der Waals surface area contributed by atoms with Crippen LogP contribution in [0.4, 0.5) is 0 Å². The zero-order valence-corrected chi connectivity index (χ0v) is 11.7. The van der Waals surface area contributed by atoms with Crippen LogP contribution >= 0.6 is 11.8 Å². The van der Waals surface area contributed by atoms with Gasteiger partial charge in [-0.25, -0.2) is 0 Å². The molecule has 0 spiro atoms. The number of fused-ring (bicyclic) bond motifs is 1. The summed E-state index contributed by atoms with van der Waals surface area (Å²) in [7, 11) is 1.37. The van der Waals surface area contributed by atoms with Crippen LogP contribution in [-0.4, -0.2) is 38.9 Å². The highest BCUT2D eigenvalue weighted by atomic mass is 32.2. The van der Waals surface area contributed by atoms with Gasteiger partial charge in [-0.2, -0.15) is 9.78 Å². The topological polar surface area (TPSA) is 69.4 Å². The molecule has 7 heteroatoms. The SMILES string of the molecule is COC(=O)C1Sc2nnc(CC(C)C)n2N=C1C. The van der Waals surface area contributed by atoms with Crippen LogP contribution in [0.3, 0.4) is 0 Å². The van der Waals surface area contributed by atoms with E-state index >= 15 is 0 Å². The van der Waals surface area contributed by atoms with Gasteiger partial charge in [-0.15, -0.1) is 10.2 Å². The van der Waals surface area contributed by atoms with Gasteiger partial charge in [0.1, 0.15) is 5.25 Å². The number of thioether (sulfide) groups is 1. The number of nitrogens with zero attached hydrogens (tertiary/aromatic N) is 4. The third kappa shape index (κ3) is 2.40. The molecular weight excluding hydrogens is 252 g/mol. The Morgan fingerprint density at radius 1 is 1.50 bits per heavy atom. The van der Waals surface area contributed by atoms with Crippen molar-refractivity contribution in [3.63, 3.8) is 0 Å². The Balaban J connectivity index is 2.29. The van der Waals surface area contributed by atoms with Gasteiger partial charge in [0, 0.05) is 6.42 Å². The Kier molecular flexibility index (Phi) is 3.70. The summed E-state index contributed by atoms with van der Waals surface area (Å²) >= 11 is 1.33. The Hall–Kier alpha value is -1.37. The number of methoxy groups -OCH3 is 1. The minimum atomic E-state index is -0.418. The summed E-state index contributed by atoms with van der Waals surface area (Å²) in [5.41, 5.74) is 0.712. The first-order valence-corrected chi connectivity index (χ1v) is 6.65. The van der Waals surface area contributed by atoms with E-state index in [0.29, 0.717) is 16.8 Å². The monoisotopic (exact) mass is 268 g/mol. The van der Waals surface area contributed by atoms with Crippen LogP contribution in [0.1, 0.15) is 26.6 Å². The van der Waals surface area contributed by atoms with Gasteiger partial charge in [-0.05, 0) is 12.8 Å². The van der Waals surface area contributed by atoms with E-state index in [9.17, 15) is 4.79 Å². The van der Waals surface area contributed by atoms with Gasteiger partial charge in [-0.1, -0.05) is 25.6 Å². The number of hydrogen-bond acceptors (Lipinski definition) is 6. The molecule has 0 N–H and O–H groups in total. The molecule has 1 aromatic rings. The highest BCUT2D eigenvalue weighted by Gasteiger charge is 2.31. The lowest BCUT2D eigenvalue weighted by Crippen LogP contribution is -2.30. The van der Waals surface area contributed by atoms with Crippen LogP contribution in [0.2, 0.25) is 0 Å². The third-order valence-electron chi connectivity index (χ3n) is 2.54. The molecule has 2 rings (SSSR count). The zero-order valence-electron chi connectivity index (χ0n) is 10.9. The second-order valence-corrected chi connectivity index (χ2v) is 5.64. The Morgan fingerprint density at radius 2 is 2.22 bits per heavy atom. The van der Waals surface area contributed by atoms with Crippen LogP contribution in [0.15, 0.2) is 10.3 Å². The second-order valence-electron chi connectivity index (χ2n) is 4.57. The first-order valence-electron chi connectivity index (χ1n) is 5.77. The molecule has 1 unspecified atom stereocenters. The van der Waals surface area contributed by atoms with Gasteiger partial charge in [0.05, 0.1) is 12.8 Å². The quantitative estimate of drug-likeness (QED) is 0.774. The van der Waals surface area contributed by atoms with Gasteiger partial charge in [0.25, 0.3) is 0 Å². The maximum atomic E-state index is 11.6. The molecule has 98 valence electrons. The number of aromatic nitrogens is 3. The van der Waals surface area contributed by atoms with Crippen molar-refractivity contribution in [2.75, 3.05) is 7.11 Å². The Labute approximate surface area is 110 Å². The molecule has 2 heterocycles. The summed E-state index contributed by atoms with van der Waals surface area (Å²) < 4.78 is 6.47. The minimum absolute atomic E-state index is 0.305. The van der Waals surface area contributed by atoms with Crippen molar-refractivity contribution < 1.29 is 9.53 Å². The van der Waals surface area contributed by atoms with Crippen molar-refractivity contribution >= 4 is 23.4 Å². The smallest absolute Gasteiger partial charge is 0.325 e. The number of hydrogen-bond donors (Lipinski definition) is 0. The number of esters is 1. The molecule has 1 aromatic heterocycles. The third-order valence-corrected chi connectivity index (χ3v) is 3.78. The number of carbonyl (C=O) groups is 1. The molecule has 6 nitrogen and oxygen atoms in total. The molecule has 18 heavy (non-hydrogen) atoms. The maximum absolute atomic E-state index is 11.6. The lowest BCUT2D eigenvalue weighted by Gasteiger charge is -2.18. The van der Waals surface area contributed by atoms with Gasteiger partial charge < -0.3 is 4.74 Å². The van der Waals surface area contributed by atoms with Crippen molar-refractivity contribution in [3.8, 4) is 0 Å². The van der Waals surface area contributed by atoms with Crippen molar-refractivity contribution in [3.05, 3.63) is 5.82 Å². The molecule has 0 saturated heterocycles. The summed E-state index contributed by atoms with van der Waals surface area (Å²) in [6.07, 6.45) is 0.813. The molecule has 0 amide bonds. The Bertz CT molecular complexity index is 495. The van der Waals surface area contributed by atoms with Crippen LogP contribution in [0.25, 0.3) is 0 Å². The highest BCUT2D eigenvalue weighted by molar-refractivity contribution is 8.01. The molecule has 0 bridgehead atoms. The van der Waals surface area contributed by atoms with Gasteiger partial charge in [-0.3, -0.25) is 4.79 Å². The van der Waals surface area contributed by atoms with E-state index in [4.69, 9.17) is 4.74 Å². The van der Waals surface area contributed by atoms with E-state index in [1.807, 2.05) is 6.92 Å². The summed E-state index contributed by atoms with van der Waals surface area (Å²) in [4.78, 5) is 11.6. The van der Waals surface area contributed by atoms with E-state index in [1.54, 1.807) is 4.68 Å². The van der Waals surface area contributed by atoms with Crippen LogP contribution in [-0.2, 0) is 16.0 Å². The average molecular weight is 268 g/mol. The predicted octanol–water partition coefficient (Wildman–Crippen LogP) is 1.35. The van der Waals surface area contributed by atoms with Gasteiger partial charge >= 0.3 is 5.97 Å². The van der Waals surface area contributed by atoms with Gasteiger partial charge in [0.2, 0.25) is 5.16 Å². The standard InChI is InChI=1S/C11H16N4O2S/c1-6(2)5-8-12-13-11-15(8)14-7(3)9(18-11)10(16)17-4/h6,9H,5H2,1-4H3. The van der Waals surface area contributed by atoms with Crippen molar-refractivity contribution in [2.24, 2.45) is 11.0 Å². The largest absolute Gasteiger partial charge is 0.468 e. The van der Waals surface area contributed by atoms with Crippen molar-refractivity contribution in [1.82, 2.24) is 14.9 Å². The number of ether oxygens (including phenoxy) is 1. The molecule has 0 aliphatic carbocycles. The summed E-state index contributed by atoms with van der Waals surface area (Å²) in [5.74, 6) is 1.01. The Morgan fingerprint density at radius 3 is 2.83 bits per heavy atom. The van der Waals surface area contributed by atoms with E-state index in [-0.39, 0.29) is 5.97 Å². The summed E-state index contributed by atoms with van der Waals surface area (Å²) in [6, 6.07) is 0. The van der Waals surface area contributed by atoms with E-state index in [1.165, 1.54) is 18.9 Å². The summed E-state index contributed by atoms with van der Waals surface area (Å²) in [6.45, 7) is 6.05. The first kappa shape index (κ1) is 13.1. The van der Waals surface area contributed by atoms with Crippen LogP contribution < -0.4 is 0 Å². The van der Waals surface area contributed by atoms with Crippen molar-refractivity contribution in [2.45, 2.75) is 37.6 Å². The molecule has 1 aliphatic rings. The normalized spacial score (nSPS) is 18.5. The molecule has 0 fully saturated rings. The fourth-order valence-electron chi connectivity index (χ4n) is 1.69. The van der Waals surface area contributed by atoms with Gasteiger partial charge in [0.15, 0.2) is 5.82 Å². The van der Waals surface area contributed by atoms with E-state index in [0.717, 1.165) is 12.2 Å². The fourth-order valence-corrected chi connectivity index (χ4v) is 2.64. The van der Waals surface area contributed by atoms with Crippen LogP contribution in [0.5, 0.6) is 0 Å². The van der Waals surface area contributed by atoms with E-state index in [2.05, 4.69) is 29.1 Å². The molecule has 1 atom stereocenters. The first-order chi connectivity index (χ1) is 8.52. The zero-order chi connectivity index (χ0) is 13.3. The number of carbonyl (C=O) groups excluding carboxylic acids is 1. The molecular formula is C11H16N4O2S. The minimum Gasteiger partial charge on any atom is -0.468 e.